The summed E-state index contributed by atoms with van der Waals surface area (Å²) < 4.78 is 5.33. The van der Waals surface area contributed by atoms with Crippen molar-refractivity contribution in [1.29, 1.82) is 0 Å². The van der Waals surface area contributed by atoms with Crippen LogP contribution in [0.25, 0.3) is 0 Å². The summed E-state index contributed by atoms with van der Waals surface area (Å²) in [6.07, 6.45) is 0.986. The predicted octanol–water partition coefficient (Wildman–Crippen LogP) is 1.93. The third-order valence-corrected chi connectivity index (χ3v) is 3.54. The quantitative estimate of drug-likeness (QED) is 0.829. The molecule has 1 aromatic heterocycles. The molecule has 1 saturated heterocycles. The molecule has 0 aliphatic carbocycles. The van der Waals surface area contributed by atoms with Crippen LogP contribution in [0.1, 0.15) is 23.7 Å². The molecule has 1 aliphatic heterocycles. The van der Waals surface area contributed by atoms with Gasteiger partial charge in [0.05, 0.1) is 6.61 Å². The average molecular weight is 284 g/mol. The first-order valence-corrected chi connectivity index (χ1v) is 6.72. The number of anilines is 1. The smallest absolute Gasteiger partial charge is 0.251 e. The van der Waals surface area contributed by atoms with Crippen molar-refractivity contribution in [3.63, 3.8) is 0 Å². The minimum atomic E-state index is -0.139. The van der Waals surface area contributed by atoms with Crippen LogP contribution in [0.4, 0.5) is 5.82 Å². The van der Waals surface area contributed by atoms with E-state index in [9.17, 15) is 4.79 Å². The predicted molar refractivity (Wildman–Crippen MR) is 74.6 cm³/mol. The van der Waals surface area contributed by atoms with Crippen molar-refractivity contribution in [2.75, 3.05) is 25.6 Å². The molecule has 2 rings (SSSR count). The molecule has 0 saturated carbocycles. The van der Waals surface area contributed by atoms with Gasteiger partial charge in [-0.2, -0.15) is 0 Å². The SMILES string of the molecule is CNc1cc(C(=O)NC(C)C2CCOC2)cc(Cl)n1. The number of pyridine rings is 1. The van der Waals surface area contributed by atoms with Gasteiger partial charge >= 0.3 is 0 Å². The first-order chi connectivity index (χ1) is 9.10. The number of ether oxygens (including phenoxy) is 1. The lowest BCUT2D eigenvalue weighted by atomic mass is 10.0. The number of rotatable bonds is 4. The van der Waals surface area contributed by atoms with Gasteiger partial charge in [0.1, 0.15) is 11.0 Å². The summed E-state index contributed by atoms with van der Waals surface area (Å²) in [6, 6.07) is 3.33. The molecule has 1 aromatic rings. The molecular weight excluding hydrogens is 266 g/mol. The van der Waals surface area contributed by atoms with Crippen LogP contribution < -0.4 is 10.6 Å². The van der Waals surface area contributed by atoms with Crippen LogP contribution in [-0.2, 0) is 4.74 Å². The molecule has 2 heterocycles. The molecule has 2 N–H and O–H groups in total. The van der Waals surface area contributed by atoms with Crippen LogP contribution in [0.5, 0.6) is 0 Å². The standard InChI is InChI=1S/C13H18ClN3O2/c1-8(9-3-4-19-7-9)16-13(18)10-5-11(14)17-12(6-10)15-2/h5-6,8-9H,3-4,7H2,1-2H3,(H,15,17)(H,16,18). The van der Waals surface area contributed by atoms with Gasteiger partial charge < -0.3 is 15.4 Å². The number of nitrogens with zero attached hydrogens (tertiary/aromatic N) is 1. The molecular formula is C13H18ClN3O2. The van der Waals surface area contributed by atoms with Crippen LogP contribution in [0.3, 0.4) is 0 Å². The van der Waals surface area contributed by atoms with Crippen molar-refractivity contribution in [2.45, 2.75) is 19.4 Å². The number of amides is 1. The lowest BCUT2D eigenvalue weighted by molar-refractivity contribution is 0.0922. The van der Waals surface area contributed by atoms with Gasteiger partial charge in [-0.25, -0.2) is 4.98 Å². The van der Waals surface area contributed by atoms with E-state index in [1.807, 2.05) is 6.92 Å². The van der Waals surface area contributed by atoms with Gasteiger partial charge in [-0.3, -0.25) is 4.79 Å². The molecule has 19 heavy (non-hydrogen) atoms. The Kier molecular flexibility index (Phi) is 4.61. The molecule has 104 valence electrons. The highest BCUT2D eigenvalue weighted by molar-refractivity contribution is 6.29. The second-order valence-electron chi connectivity index (χ2n) is 4.70. The monoisotopic (exact) mass is 283 g/mol. The number of carbonyl (C=O) groups is 1. The molecule has 5 nitrogen and oxygen atoms in total. The minimum absolute atomic E-state index is 0.0833. The Balaban J connectivity index is 2.04. The van der Waals surface area contributed by atoms with Gasteiger partial charge in [0.25, 0.3) is 5.91 Å². The van der Waals surface area contributed by atoms with Crippen molar-refractivity contribution in [3.05, 3.63) is 22.8 Å². The summed E-state index contributed by atoms with van der Waals surface area (Å²) in [5.41, 5.74) is 0.509. The normalized spacial score (nSPS) is 20.1. The van der Waals surface area contributed by atoms with Gasteiger partial charge in [-0.1, -0.05) is 11.6 Å². The number of hydrogen-bond donors (Lipinski definition) is 2. The van der Waals surface area contributed by atoms with Crippen LogP contribution >= 0.6 is 11.6 Å². The molecule has 2 atom stereocenters. The van der Waals surface area contributed by atoms with Gasteiger partial charge in [0.15, 0.2) is 0 Å². The van der Waals surface area contributed by atoms with E-state index in [2.05, 4.69) is 15.6 Å². The van der Waals surface area contributed by atoms with Crippen molar-refractivity contribution < 1.29 is 9.53 Å². The first-order valence-electron chi connectivity index (χ1n) is 6.34. The van der Waals surface area contributed by atoms with E-state index in [4.69, 9.17) is 16.3 Å². The Labute approximate surface area is 117 Å². The van der Waals surface area contributed by atoms with E-state index in [0.29, 0.717) is 29.1 Å². The molecule has 0 spiro atoms. The zero-order valence-electron chi connectivity index (χ0n) is 11.1. The number of aromatic nitrogens is 1. The fourth-order valence-electron chi connectivity index (χ4n) is 2.11. The Morgan fingerprint density at radius 1 is 1.58 bits per heavy atom. The molecule has 1 fully saturated rings. The second-order valence-corrected chi connectivity index (χ2v) is 5.09. The second kappa shape index (κ2) is 6.21. The summed E-state index contributed by atoms with van der Waals surface area (Å²) in [5, 5.41) is 6.16. The molecule has 1 aliphatic rings. The first kappa shape index (κ1) is 14.1. The Bertz CT molecular complexity index is 461. The van der Waals surface area contributed by atoms with Crippen molar-refractivity contribution in [3.8, 4) is 0 Å². The maximum absolute atomic E-state index is 12.2. The highest BCUT2D eigenvalue weighted by Gasteiger charge is 2.24. The molecule has 0 aromatic carbocycles. The van der Waals surface area contributed by atoms with Crippen molar-refractivity contribution in [2.24, 2.45) is 5.92 Å². The molecule has 0 radical (unpaired) electrons. The van der Waals surface area contributed by atoms with Gasteiger partial charge in [-0.15, -0.1) is 0 Å². The molecule has 6 heteroatoms. The van der Waals surface area contributed by atoms with Gasteiger partial charge in [0.2, 0.25) is 0 Å². The fourth-order valence-corrected chi connectivity index (χ4v) is 2.32. The molecule has 2 unspecified atom stereocenters. The van der Waals surface area contributed by atoms with Crippen LogP contribution in [-0.4, -0.2) is 37.2 Å². The summed E-state index contributed by atoms with van der Waals surface area (Å²) in [7, 11) is 1.73. The van der Waals surface area contributed by atoms with Gasteiger partial charge in [0, 0.05) is 31.2 Å². The highest BCUT2D eigenvalue weighted by Crippen LogP contribution is 2.18. The molecule has 0 bridgehead atoms. The third-order valence-electron chi connectivity index (χ3n) is 3.34. The summed E-state index contributed by atoms with van der Waals surface area (Å²) in [4.78, 5) is 16.2. The van der Waals surface area contributed by atoms with Crippen molar-refractivity contribution >= 4 is 23.3 Å². The van der Waals surface area contributed by atoms with Crippen LogP contribution in [0, 0.1) is 5.92 Å². The zero-order valence-corrected chi connectivity index (χ0v) is 11.8. The number of hydrogen-bond acceptors (Lipinski definition) is 4. The minimum Gasteiger partial charge on any atom is -0.381 e. The average Bonchev–Trinajstić information content (AvgIpc) is 2.91. The maximum Gasteiger partial charge on any atom is 0.251 e. The summed E-state index contributed by atoms with van der Waals surface area (Å²) >= 11 is 5.89. The number of halogens is 1. The zero-order chi connectivity index (χ0) is 13.8. The van der Waals surface area contributed by atoms with E-state index in [-0.39, 0.29) is 11.9 Å². The van der Waals surface area contributed by atoms with E-state index in [1.165, 1.54) is 0 Å². The molecule has 1 amide bonds. The Morgan fingerprint density at radius 2 is 2.37 bits per heavy atom. The van der Waals surface area contributed by atoms with E-state index >= 15 is 0 Å². The van der Waals surface area contributed by atoms with E-state index in [0.717, 1.165) is 13.0 Å². The van der Waals surface area contributed by atoms with Crippen molar-refractivity contribution in [1.82, 2.24) is 10.3 Å². The summed E-state index contributed by atoms with van der Waals surface area (Å²) in [5.74, 6) is 0.819. The lowest BCUT2D eigenvalue weighted by Gasteiger charge is -2.19. The Morgan fingerprint density at radius 3 is 3.00 bits per heavy atom. The lowest BCUT2D eigenvalue weighted by Crippen LogP contribution is -2.38. The highest BCUT2D eigenvalue weighted by atomic mass is 35.5. The Hall–Kier alpha value is -1.33. The van der Waals surface area contributed by atoms with E-state index in [1.54, 1.807) is 19.2 Å². The largest absolute Gasteiger partial charge is 0.381 e. The third kappa shape index (κ3) is 3.58. The van der Waals surface area contributed by atoms with Crippen LogP contribution in [0.15, 0.2) is 12.1 Å². The topological polar surface area (TPSA) is 63.2 Å². The number of carbonyl (C=O) groups excluding carboxylic acids is 1. The van der Waals surface area contributed by atoms with Gasteiger partial charge in [-0.05, 0) is 25.5 Å². The van der Waals surface area contributed by atoms with Crippen LogP contribution in [0.2, 0.25) is 5.15 Å². The summed E-state index contributed by atoms with van der Waals surface area (Å²) in [6.45, 7) is 3.48. The number of nitrogens with one attached hydrogen (secondary N) is 2. The van der Waals surface area contributed by atoms with E-state index < -0.39 is 0 Å². The maximum atomic E-state index is 12.2. The fraction of sp³-hybridized carbons (Fsp3) is 0.538.